The normalized spacial score (nSPS) is 10.7. The van der Waals surface area contributed by atoms with Crippen LogP contribution in [0.4, 0.5) is 0 Å². The molecular formula is C7H14O4Si. The van der Waals surface area contributed by atoms with Crippen LogP contribution in [0.25, 0.3) is 0 Å². The van der Waals surface area contributed by atoms with Crippen LogP contribution < -0.4 is 0 Å². The van der Waals surface area contributed by atoms with E-state index in [1.54, 1.807) is 0 Å². The summed E-state index contributed by atoms with van der Waals surface area (Å²) < 4.78 is 20.3. The average molecular weight is 190 g/mol. The number of hydrogen-bond donors (Lipinski definition) is 0. The first kappa shape index (κ1) is 11.4. The van der Waals surface area contributed by atoms with E-state index < -0.39 is 8.80 Å². The Bertz CT molecular complexity index is 174. The number of ether oxygens (including phenoxy) is 1. The molecule has 0 aromatic carbocycles. The van der Waals surface area contributed by atoms with Crippen LogP contribution in [0.2, 0.25) is 0 Å². The molecule has 0 spiro atoms. The predicted octanol–water partition coefficient (Wildman–Crippen LogP) is 0.719. The molecule has 0 bridgehead atoms. The summed E-state index contributed by atoms with van der Waals surface area (Å²) in [5, 5.41) is 0.384. The van der Waals surface area contributed by atoms with Crippen molar-refractivity contribution in [2.24, 2.45) is 0 Å². The predicted molar refractivity (Wildman–Crippen MR) is 46.4 cm³/mol. The molecule has 0 saturated carbocycles. The lowest BCUT2D eigenvalue weighted by atomic mass is 10.9. The Morgan fingerprint density at radius 3 is 1.58 bits per heavy atom. The molecule has 0 radical (unpaired) electrons. The van der Waals surface area contributed by atoms with Crippen LogP contribution in [-0.4, -0.2) is 37.2 Å². The summed E-state index contributed by atoms with van der Waals surface area (Å²) in [6.45, 7) is 3.45. The molecule has 0 N–H and O–H groups in total. The third-order valence-corrected chi connectivity index (χ3v) is 4.00. The highest BCUT2D eigenvalue weighted by molar-refractivity contribution is 6.67. The lowest BCUT2D eigenvalue weighted by molar-refractivity contribution is 0.109. The van der Waals surface area contributed by atoms with Crippen molar-refractivity contribution in [3.8, 4) is 0 Å². The molecule has 5 heteroatoms. The van der Waals surface area contributed by atoms with Gasteiger partial charge in [0.25, 0.3) is 0 Å². The highest BCUT2D eigenvalue weighted by atomic mass is 28.4. The van der Waals surface area contributed by atoms with Gasteiger partial charge in [0.05, 0.1) is 7.11 Å². The molecule has 0 fully saturated rings. The van der Waals surface area contributed by atoms with Crippen molar-refractivity contribution >= 4 is 8.80 Å². The first-order valence-electron chi connectivity index (χ1n) is 3.30. The number of rotatable bonds is 5. The third-order valence-electron chi connectivity index (χ3n) is 1.45. The SMILES string of the molecule is C=C=C(OC)[Si](OC)(OC)OC. The molecule has 0 amide bonds. The Balaban J connectivity index is 4.80. The summed E-state index contributed by atoms with van der Waals surface area (Å²) in [5.74, 6) is 0. The smallest absolute Gasteiger partial charge is 0.490 e. The van der Waals surface area contributed by atoms with Crippen molar-refractivity contribution in [3.05, 3.63) is 17.7 Å². The van der Waals surface area contributed by atoms with E-state index >= 15 is 0 Å². The van der Waals surface area contributed by atoms with Gasteiger partial charge in [-0.1, -0.05) is 12.3 Å². The molecule has 0 aromatic rings. The Morgan fingerprint density at radius 1 is 1.08 bits per heavy atom. The minimum Gasteiger partial charge on any atom is -0.490 e. The fourth-order valence-electron chi connectivity index (χ4n) is 0.834. The van der Waals surface area contributed by atoms with Gasteiger partial charge in [-0.3, -0.25) is 0 Å². The van der Waals surface area contributed by atoms with Gasteiger partial charge in [-0.2, -0.15) is 0 Å². The van der Waals surface area contributed by atoms with Crippen molar-refractivity contribution < 1.29 is 18.0 Å². The molecule has 0 unspecified atom stereocenters. The summed E-state index contributed by atoms with van der Waals surface area (Å²) in [7, 11) is 3.15. The van der Waals surface area contributed by atoms with Gasteiger partial charge < -0.3 is 18.0 Å². The molecule has 12 heavy (non-hydrogen) atoms. The van der Waals surface area contributed by atoms with Gasteiger partial charge in [0.15, 0.2) is 0 Å². The molecule has 0 aliphatic carbocycles. The maximum atomic E-state index is 5.11. The van der Waals surface area contributed by atoms with Gasteiger partial charge in [-0.25, -0.2) is 0 Å². The van der Waals surface area contributed by atoms with Gasteiger partial charge >= 0.3 is 8.80 Å². The van der Waals surface area contributed by atoms with Gasteiger partial charge in [0, 0.05) is 21.3 Å². The molecule has 0 heterocycles. The molecule has 0 atom stereocenters. The third kappa shape index (κ3) is 1.97. The first-order valence-corrected chi connectivity index (χ1v) is 5.03. The van der Waals surface area contributed by atoms with E-state index in [0.717, 1.165) is 0 Å². The molecule has 0 aliphatic rings. The zero-order valence-electron chi connectivity index (χ0n) is 7.84. The van der Waals surface area contributed by atoms with E-state index in [-0.39, 0.29) is 0 Å². The molecule has 0 saturated heterocycles. The Hall–Kier alpha value is -0.583. The van der Waals surface area contributed by atoms with E-state index in [1.165, 1.54) is 28.4 Å². The zero-order chi connectivity index (χ0) is 9.61. The summed E-state index contributed by atoms with van der Waals surface area (Å²) in [6.07, 6.45) is 0. The fourth-order valence-corrected chi connectivity index (χ4v) is 2.36. The minimum atomic E-state index is -2.83. The van der Waals surface area contributed by atoms with Crippen LogP contribution in [0, 0.1) is 0 Å². The van der Waals surface area contributed by atoms with Crippen molar-refractivity contribution in [2.75, 3.05) is 28.4 Å². The summed E-state index contributed by atoms with van der Waals surface area (Å²) >= 11 is 0. The maximum Gasteiger partial charge on any atom is 0.581 e. The van der Waals surface area contributed by atoms with Crippen molar-refractivity contribution in [1.82, 2.24) is 0 Å². The second-order valence-corrected chi connectivity index (χ2v) is 4.67. The summed E-state index contributed by atoms with van der Waals surface area (Å²) in [5.41, 5.74) is 2.58. The van der Waals surface area contributed by atoms with E-state index in [9.17, 15) is 0 Å². The lowest BCUT2D eigenvalue weighted by Gasteiger charge is -2.23. The molecule has 4 nitrogen and oxygen atoms in total. The monoisotopic (exact) mass is 190 g/mol. The molecule has 0 aliphatic heterocycles. The average Bonchev–Trinajstić information content (AvgIpc) is 2.14. The largest absolute Gasteiger partial charge is 0.581 e. The van der Waals surface area contributed by atoms with Gasteiger partial charge in [-0.05, 0) is 0 Å². The molecule has 0 rings (SSSR count). The topological polar surface area (TPSA) is 36.9 Å². The highest BCUT2D eigenvalue weighted by Gasteiger charge is 2.45. The molecular weight excluding hydrogens is 176 g/mol. The van der Waals surface area contributed by atoms with Crippen LogP contribution in [0.1, 0.15) is 0 Å². The Morgan fingerprint density at radius 2 is 1.50 bits per heavy atom. The first-order chi connectivity index (χ1) is 5.70. The van der Waals surface area contributed by atoms with Crippen LogP contribution >= 0.6 is 0 Å². The van der Waals surface area contributed by atoms with Crippen molar-refractivity contribution in [1.29, 1.82) is 0 Å². The maximum absolute atomic E-state index is 5.11. The van der Waals surface area contributed by atoms with Crippen LogP contribution in [0.5, 0.6) is 0 Å². The van der Waals surface area contributed by atoms with Crippen molar-refractivity contribution in [3.63, 3.8) is 0 Å². The fraction of sp³-hybridized carbons (Fsp3) is 0.571. The highest BCUT2D eigenvalue weighted by Crippen LogP contribution is 2.16. The number of hydrogen-bond acceptors (Lipinski definition) is 4. The standard InChI is InChI=1S/C7H14O4Si/c1-6-7(8-2)12(9-3,10-4)11-5/h1H2,2-5H3. The van der Waals surface area contributed by atoms with Gasteiger partial charge in [0.1, 0.15) is 0 Å². The van der Waals surface area contributed by atoms with Gasteiger partial charge in [-0.15, -0.1) is 0 Å². The van der Waals surface area contributed by atoms with Crippen molar-refractivity contribution in [2.45, 2.75) is 0 Å². The quantitative estimate of drug-likeness (QED) is 0.363. The van der Waals surface area contributed by atoms with E-state index in [1.807, 2.05) is 0 Å². The Labute approximate surface area is 73.8 Å². The van der Waals surface area contributed by atoms with E-state index in [2.05, 4.69) is 12.3 Å². The number of methoxy groups -OCH3 is 1. The van der Waals surface area contributed by atoms with E-state index in [0.29, 0.717) is 5.38 Å². The second kappa shape index (κ2) is 5.13. The summed E-state index contributed by atoms with van der Waals surface area (Å²) in [4.78, 5) is 0. The van der Waals surface area contributed by atoms with E-state index in [4.69, 9.17) is 18.0 Å². The van der Waals surface area contributed by atoms with Gasteiger partial charge in [0.2, 0.25) is 5.38 Å². The lowest BCUT2D eigenvalue weighted by Crippen LogP contribution is -2.45. The molecule has 0 aromatic heterocycles. The van der Waals surface area contributed by atoms with Crippen LogP contribution in [-0.2, 0) is 18.0 Å². The minimum absolute atomic E-state index is 0.384. The molecule has 70 valence electrons. The second-order valence-electron chi connectivity index (χ2n) is 1.88. The van der Waals surface area contributed by atoms with Crippen LogP contribution in [0.15, 0.2) is 17.7 Å². The Kier molecular flexibility index (Phi) is 4.88. The van der Waals surface area contributed by atoms with Crippen LogP contribution in [0.3, 0.4) is 0 Å². The zero-order valence-corrected chi connectivity index (χ0v) is 8.84. The summed E-state index contributed by atoms with van der Waals surface area (Å²) in [6, 6.07) is 0.